The molecular formula is C10H17N3O2. The van der Waals surface area contributed by atoms with Crippen molar-refractivity contribution in [2.24, 2.45) is 0 Å². The molecule has 1 amide bonds. The van der Waals surface area contributed by atoms with E-state index in [1.165, 1.54) is 0 Å². The third kappa shape index (κ3) is 3.71. The Morgan fingerprint density at radius 2 is 2.40 bits per heavy atom. The summed E-state index contributed by atoms with van der Waals surface area (Å²) in [4.78, 5) is 13.2. The number of carbonyl (C=O) groups is 1. The van der Waals surface area contributed by atoms with Crippen LogP contribution in [0.3, 0.4) is 0 Å². The van der Waals surface area contributed by atoms with E-state index in [9.17, 15) is 4.79 Å². The molecule has 0 aliphatic rings. The van der Waals surface area contributed by atoms with Crippen LogP contribution >= 0.6 is 0 Å². The fourth-order valence-electron chi connectivity index (χ4n) is 1.04. The van der Waals surface area contributed by atoms with Gasteiger partial charge in [-0.1, -0.05) is 5.16 Å². The molecule has 1 aromatic heterocycles. The van der Waals surface area contributed by atoms with Crippen molar-refractivity contribution < 1.29 is 9.32 Å². The molecule has 1 aromatic rings. The van der Waals surface area contributed by atoms with Crippen molar-refractivity contribution >= 4 is 5.91 Å². The molecule has 1 rings (SSSR count). The fourth-order valence-corrected chi connectivity index (χ4v) is 1.04. The quantitative estimate of drug-likeness (QED) is 0.776. The van der Waals surface area contributed by atoms with Crippen LogP contribution < -0.4 is 5.32 Å². The summed E-state index contributed by atoms with van der Waals surface area (Å²) in [5.41, 5.74) is 0. The van der Waals surface area contributed by atoms with Gasteiger partial charge in [0.25, 0.3) is 0 Å². The van der Waals surface area contributed by atoms with Gasteiger partial charge in [0.1, 0.15) is 5.76 Å². The molecule has 0 atom stereocenters. The predicted molar refractivity (Wildman–Crippen MR) is 56.1 cm³/mol. The Bertz CT molecular complexity index is 296. The van der Waals surface area contributed by atoms with Gasteiger partial charge in [0.2, 0.25) is 5.91 Å². The zero-order valence-corrected chi connectivity index (χ0v) is 9.36. The van der Waals surface area contributed by atoms with Crippen molar-refractivity contribution in [3.05, 3.63) is 18.0 Å². The van der Waals surface area contributed by atoms with Gasteiger partial charge >= 0.3 is 0 Å². The number of nitrogens with zero attached hydrogens (tertiary/aromatic N) is 2. The van der Waals surface area contributed by atoms with E-state index in [2.05, 4.69) is 10.5 Å². The van der Waals surface area contributed by atoms with E-state index in [0.717, 1.165) is 5.76 Å². The van der Waals surface area contributed by atoms with Gasteiger partial charge in [0.05, 0.1) is 19.3 Å². The van der Waals surface area contributed by atoms with E-state index < -0.39 is 0 Å². The minimum Gasteiger partial charge on any atom is -0.360 e. The molecule has 5 nitrogen and oxygen atoms in total. The normalized spacial score (nSPS) is 10.7. The Balaban J connectivity index is 2.23. The number of nitrogens with one attached hydrogen (secondary N) is 1. The monoisotopic (exact) mass is 211 g/mol. The van der Waals surface area contributed by atoms with Gasteiger partial charge in [-0.05, 0) is 13.8 Å². The summed E-state index contributed by atoms with van der Waals surface area (Å²) < 4.78 is 4.89. The minimum atomic E-state index is 0.0736. The number of hydrogen-bond donors (Lipinski definition) is 1. The van der Waals surface area contributed by atoms with Crippen LogP contribution in [0.1, 0.15) is 19.6 Å². The molecule has 0 aromatic carbocycles. The maximum absolute atomic E-state index is 11.5. The van der Waals surface area contributed by atoms with Crippen LogP contribution in [0.5, 0.6) is 0 Å². The first-order valence-corrected chi connectivity index (χ1v) is 4.97. The lowest BCUT2D eigenvalue weighted by atomic mass is 10.3. The molecular weight excluding hydrogens is 194 g/mol. The molecule has 0 fully saturated rings. The molecule has 1 N–H and O–H groups in total. The highest BCUT2D eigenvalue weighted by Gasteiger charge is 2.10. The highest BCUT2D eigenvalue weighted by atomic mass is 16.5. The Labute approximate surface area is 89.4 Å². The highest BCUT2D eigenvalue weighted by Crippen LogP contribution is 1.96. The Kier molecular flexibility index (Phi) is 4.30. The number of aromatic nitrogens is 1. The summed E-state index contributed by atoms with van der Waals surface area (Å²) in [6, 6.07) is 1.99. The molecule has 15 heavy (non-hydrogen) atoms. The van der Waals surface area contributed by atoms with E-state index in [1.807, 2.05) is 13.8 Å². The lowest BCUT2D eigenvalue weighted by Gasteiger charge is -2.21. The molecule has 1 heterocycles. The van der Waals surface area contributed by atoms with Crippen LogP contribution in [0.2, 0.25) is 0 Å². The van der Waals surface area contributed by atoms with Crippen LogP contribution in [-0.4, -0.2) is 35.6 Å². The summed E-state index contributed by atoms with van der Waals surface area (Å²) >= 11 is 0. The van der Waals surface area contributed by atoms with E-state index in [0.29, 0.717) is 13.1 Å². The molecule has 0 unspecified atom stereocenters. The second-order valence-electron chi connectivity index (χ2n) is 3.68. The molecule has 84 valence electrons. The number of likely N-dealkylation sites (N-methyl/N-ethyl adjacent to an activating group) is 1. The van der Waals surface area contributed by atoms with E-state index in [-0.39, 0.29) is 11.9 Å². The van der Waals surface area contributed by atoms with Crippen molar-refractivity contribution in [2.75, 3.05) is 13.6 Å². The van der Waals surface area contributed by atoms with Gasteiger partial charge in [-0.15, -0.1) is 0 Å². The molecule has 0 spiro atoms. The van der Waals surface area contributed by atoms with Gasteiger partial charge in [0.15, 0.2) is 0 Å². The Morgan fingerprint density at radius 1 is 1.67 bits per heavy atom. The van der Waals surface area contributed by atoms with Gasteiger partial charge in [0, 0.05) is 19.2 Å². The van der Waals surface area contributed by atoms with Crippen molar-refractivity contribution in [2.45, 2.75) is 26.4 Å². The summed E-state index contributed by atoms with van der Waals surface area (Å²) in [7, 11) is 1.79. The minimum absolute atomic E-state index is 0.0736. The van der Waals surface area contributed by atoms with Gasteiger partial charge < -0.3 is 14.7 Å². The maximum atomic E-state index is 11.5. The zero-order valence-electron chi connectivity index (χ0n) is 9.36. The van der Waals surface area contributed by atoms with Crippen LogP contribution in [-0.2, 0) is 11.3 Å². The highest BCUT2D eigenvalue weighted by molar-refractivity contribution is 5.78. The summed E-state index contributed by atoms with van der Waals surface area (Å²) in [6.45, 7) is 4.80. The molecule has 5 heteroatoms. The summed E-state index contributed by atoms with van der Waals surface area (Å²) in [5, 5.41) is 6.57. The van der Waals surface area contributed by atoms with Gasteiger partial charge in [-0.2, -0.15) is 0 Å². The first kappa shape index (κ1) is 11.7. The Hall–Kier alpha value is -1.36. The summed E-state index contributed by atoms with van der Waals surface area (Å²) in [5.74, 6) is 0.805. The van der Waals surface area contributed by atoms with Crippen molar-refractivity contribution in [3.63, 3.8) is 0 Å². The third-order valence-electron chi connectivity index (χ3n) is 2.23. The van der Waals surface area contributed by atoms with Crippen LogP contribution in [0.4, 0.5) is 0 Å². The first-order chi connectivity index (χ1) is 7.11. The van der Waals surface area contributed by atoms with Crippen LogP contribution in [0.25, 0.3) is 0 Å². The molecule has 0 saturated heterocycles. The van der Waals surface area contributed by atoms with Crippen molar-refractivity contribution in [3.8, 4) is 0 Å². The largest absolute Gasteiger partial charge is 0.360 e. The van der Waals surface area contributed by atoms with Gasteiger partial charge in [-0.25, -0.2) is 0 Å². The SMILES string of the molecule is CC(C)N(C)C(=O)CNCc1ccno1. The maximum Gasteiger partial charge on any atom is 0.236 e. The lowest BCUT2D eigenvalue weighted by molar-refractivity contribution is -0.130. The zero-order chi connectivity index (χ0) is 11.3. The average Bonchev–Trinajstić information content (AvgIpc) is 2.69. The standard InChI is InChI=1S/C10H17N3O2/c1-8(2)13(3)10(14)7-11-6-9-4-5-12-15-9/h4-5,8,11H,6-7H2,1-3H3. The van der Waals surface area contributed by atoms with Gasteiger partial charge in [-0.3, -0.25) is 4.79 Å². The molecule has 0 aliphatic carbocycles. The topological polar surface area (TPSA) is 58.4 Å². The molecule has 0 aliphatic heterocycles. The number of rotatable bonds is 5. The van der Waals surface area contributed by atoms with Crippen LogP contribution in [0.15, 0.2) is 16.8 Å². The second kappa shape index (κ2) is 5.50. The van der Waals surface area contributed by atoms with Crippen molar-refractivity contribution in [1.82, 2.24) is 15.4 Å². The fraction of sp³-hybridized carbons (Fsp3) is 0.600. The van der Waals surface area contributed by atoms with Crippen molar-refractivity contribution in [1.29, 1.82) is 0 Å². The first-order valence-electron chi connectivity index (χ1n) is 4.97. The lowest BCUT2D eigenvalue weighted by Crippen LogP contribution is -2.39. The number of hydrogen-bond acceptors (Lipinski definition) is 4. The van der Waals surface area contributed by atoms with E-state index in [4.69, 9.17) is 4.52 Å². The van der Waals surface area contributed by atoms with E-state index >= 15 is 0 Å². The third-order valence-corrected chi connectivity index (χ3v) is 2.23. The predicted octanol–water partition coefficient (Wildman–Crippen LogP) is 0.631. The summed E-state index contributed by atoms with van der Waals surface area (Å²) in [6.07, 6.45) is 1.58. The molecule has 0 saturated carbocycles. The number of carbonyl (C=O) groups excluding carboxylic acids is 1. The number of amides is 1. The molecule has 0 radical (unpaired) electrons. The Morgan fingerprint density at radius 3 is 2.93 bits per heavy atom. The smallest absolute Gasteiger partial charge is 0.236 e. The van der Waals surface area contributed by atoms with E-state index in [1.54, 1.807) is 24.2 Å². The average molecular weight is 211 g/mol. The van der Waals surface area contributed by atoms with Crippen LogP contribution in [0, 0.1) is 0 Å². The second-order valence-corrected chi connectivity index (χ2v) is 3.68. The molecule has 0 bridgehead atoms.